The van der Waals surface area contributed by atoms with Gasteiger partial charge in [0.15, 0.2) is 0 Å². The monoisotopic (exact) mass is 331 g/mol. The quantitative estimate of drug-likeness (QED) is 0.743. The van der Waals surface area contributed by atoms with Crippen LogP contribution in [0.3, 0.4) is 0 Å². The predicted molar refractivity (Wildman–Crippen MR) is 76.5 cm³/mol. The van der Waals surface area contributed by atoms with Crippen LogP contribution in [0.4, 0.5) is 0 Å². The van der Waals surface area contributed by atoms with Gasteiger partial charge in [-0.25, -0.2) is 0 Å². The van der Waals surface area contributed by atoms with E-state index in [0.29, 0.717) is 9.70 Å². The van der Waals surface area contributed by atoms with Gasteiger partial charge in [-0.2, -0.15) is 0 Å². The van der Waals surface area contributed by atoms with E-state index in [9.17, 15) is 4.79 Å². The first-order chi connectivity index (χ1) is 8.39. The fourth-order valence-electron chi connectivity index (χ4n) is 2.08. The second-order valence-corrected chi connectivity index (χ2v) is 7.74. The number of carbonyl (C=O) groups is 1. The maximum Gasteiger partial charge on any atom is 0.267 e. The summed E-state index contributed by atoms with van der Waals surface area (Å²) in [6, 6.07) is 0. The standard InChI is InChI=1S/C12H18BrN3OS/c1-12(2,3)10-9(18-15-14-10)11(17)16-6-4-5-8(13)7-16/h8H,4-7H2,1-3H3. The van der Waals surface area contributed by atoms with Crippen LogP contribution in [0, 0.1) is 0 Å². The number of halogens is 1. The van der Waals surface area contributed by atoms with E-state index in [1.165, 1.54) is 11.5 Å². The van der Waals surface area contributed by atoms with Crippen molar-refractivity contribution in [2.24, 2.45) is 0 Å². The molecule has 0 bridgehead atoms. The Balaban J connectivity index is 2.21. The van der Waals surface area contributed by atoms with Gasteiger partial charge < -0.3 is 4.90 Å². The third kappa shape index (κ3) is 2.91. The van der Waals surface area contributed by atoms with E-state index in [0.717, 1.165) is 31.6 Å². The van der Waals surface area contributed by atoms with Gasteiger partial charge in [0.05, 0.1) is 5.69 Å². The van der Waals surface area contributed by atoms with Crippen LogP contribution in [0.5, 0.6) is 0 Å². The Bertz CT molecular complexity index is 441. The molecule has 1 aliphatic rings. The number of hydrogen-bond donors (Lipinski definition) is 0. The van der Waals surface area contributed by atoms with Gasteiger partial charge in [-0.05, 0) is 24.4 Å². The van der Waals surface area contributed by atoms with Crippen molar-refractivity contribution in [3.63, 3.8) is 0 Å². The Labute approximate surface area is 120 Å². The average molecular weight is 332 g/mol. The molecule has 0 spiro atoms. The molecule has 0 N–H and O–H groups in total. The molecule has 1 saturated heterocycles. The fraction of sp³-hybridized carbons (Fsp3) is 0.750. The minimum absolute atomic E-state index is 0.0825. The molecule has 1 amide bonds. The zero-order valence-electron chi connectivity index (χ0n) is 10.9. The number of likely N-dealkylation sites (tertiary alicyclic amines) is 1. The van der Waals surface area contributed by atoms with Gasteiger partial charge in [0, 0.05) is 23.3 Å². The number of aromatic nitrogens is 2. The molecule has 0 aliphatic carbocycles. The molecule has 0 radical (unpaired) electrons. The third-order valence-electron chi connectivity index (χ3n) is 3.04. The van der Waals surface area contributed by atoms with Crippen LogP contribution in [-0.4, -0.2) is 38.3 Å². The topological polar surface area (TPSA) is 46.1 Å². The van der Waals surface area contributed by atoms with Crippen molar-refractivity contribution >= 4 is 33.4 Å². The highest BCUT2D eigenvalue weighted by Gasteiger charge is 2.30. The first-order valence-corrected chi connectivity index (χ1v) is 7.84. The molecule has 100 valence electrons. The van der Waals surface area contributed by atoms with Crippen molar-refractivity contribution < 1.29 is 4.79 Å². The summed E-state index contributed by atoms with van der Waals surface area (Å²) >= 11 is 4.81. The molecule has 1 fully saturated rings. The van der Waals surface area contributed by atoms with E-state index in [1.807, 2.05) is 4.90 Å². The minimum atomic E-state index is -0.137. The number of rotatable bonds is 1. The van der Waals surface area contributed by atoms with E-state index in [1.54, 1.807) is 0 Å². The second kappa shape index (κ2) is 5.25. The molecular weight excluding hydrogens is 314 g/mol. The smallest absolute Gasteiger partial charge is 0.267 e. The van der Waals surface area contributed by atoms with Gasteiger partial charge in [0.25, 0.3) is 5.91 Å². The van der Waals surface area contributed by atoms with E-state index in [-0.39, 0.29) is 11.3 Å². The van der Waals surface area contributed by atoms with Crippen LogP contribution in [0.25, 0.3) is 0 Å². The van der Waals surface area contributed by atoms with Gasteiger partial charge in [0.1, 0.15) is 4.88 Å². The van der Waals surface area contributed by atoms with E-state index in [2.05, 4.69) is 46.3 Å². The number of hydrogen-bond acceptors (Lipinski definition) is 4. The SMILES string of the molecule is CC(C)(C)c1nnsc1C(=O)N1CCCC(Br)C1. The lowest BCUT2D eigenvalue weighted by Crippen LogP contribution is -2.40. The Morgan fingerprint density at radius 2 is 2.22 bits per heavy atom. The van der Waals surface area contributed by atoms with Crippen molar-refractivity contribution in [2.75, 3.05) is 13.1 Å². The average Bonchev–Trinajstić information content (AvgIpc) is 2.76. The lowest BCUT2D eigenvalue weighted by molar-refractivity contribution is 0.0732. The van der Waals surface area contributed by atoms with Crippen LogP contribution in [0.1, 0.15) is 49.0 Å². The van der Waals surface area contributed by atoms with Crippen LogP contribution >= 0.6 is 27.5 Å². The number of carbonyl (C=O) groups excluding carboxylic acids is 1. The Morgan fingerprint density at radius 1 is 1.50 bits per heavy atom. The highest BCUT2D eigenvalue weighted by Crippen LogP contribution is 2.28. The number of alkyl halides is 1. The summed E-state index contributed by atoms with van der Waals surface area (Å²) in [6.07, 6.45) is 2.19. The summed E-state index contributed by atoms with van der Waals surface area (Å²) in [5.74, 6) is 0.0825. The molecule has 1 aromatic heterocycles. The van der Waals surface area contributed by atoms with Crippen molar-refractivity contribution in [1.29, 1.82) is 0 Å². The largest absolute Gasteiger partial charge is 0.337 e. The minimum Gasteiger partial charge on any atom is -0.337 e. The van der Waals surface area contributed by atoms with Gasteiger partial charge in [0.2, 0.25) is 0 Å². The molecule has 1 aromatic rings. The molecule has 18 heavy (non-hydrogen) atoms. The van der Waals surface area contributed by atoms with Crippen molar-refractivity contribution in [3.05, 3.63) is 10.6 Å². The van der Waals surface area contributed by atoms with Crippen LogP contribution in [-0.2, 0) is 5.41 Å². The predicted octanol–water partition coefficient (Wildman–Crippen LogP) is 2.84. The van der Waals surface area contributed by atoms with Crippen LogP contribution in [0.15, 0.2) is 0 Å². The molecule has 2 heterocycles. The fourth-order valence-corrected chi connectivity index (χ4v) is 3.59. The van der Waals surface area contributed by atoms with E-state index < -0.39 is 0 Å². The lowest BCUT2D eigenvalue weighted by Gasteiger charge is -2.30. The zero-order valence-corrected chi connectivity index (χ0v) is 13.3. The highest BCUT2D eigenvalue weighted by molar-refractivity contribution is 9.09. The van der Waals surface area contributed by atoms with E-state index in [4.69, 9.17) is 0 Å². The molecule has 4 nitrogen and oxygen atoms in total. The Kier molecular flexibility index (Phi) is 4.06. The molecule has 2 rings (SSSR count). The number of amides is 1. The molecule has 1 aliphatic heterocycles. The van der Waals surface area contributed by atoms with Crippen molar-refractivity contribution in [3.8, 4) is 0 Å². The second-order valence-electron chi connectivity index (χ2n) is 5.69. The maximum absolute atomic E-state index is 12.5. The molecule has 0 aromatic carbocycles. The normalized spacial score (nSPS) is 21.1. The van der Waals surface area contributed by atoms with E-state index >= 15 is 0 Å². The zero-order chi connectivity index (χ0) is 13.3. The van der Waals surface area contributed by atoms with Crippen LogP contribution in [0.2, 0.25) is 0 Å². The maximum atomic E-state index is 12.5. The van der Waals surface area contributed by atoms with Crippen molar-refractivity contribution in [2.45, 2.75) is 43.9 Å². The van der Waals surface area contributed by atoms with Gasteiger partial charge >= 0.3 is 0 Å². The van der Waals surface area contributed by atoms with Crippen LogP contribution < -0.4 is 0 Å². The summed E-state index contributed by atoms with van der Waals surface area (Å²) in [6.45, 7) is 7.79. The summed E-state index contributed by atoms with van der Waals surface area (Å²) in [5, 5.41) is 4.13. The Hall–Kier alpha value is -0.490. The van der Waals surface area contributed by atoms with Gasteiger partial charge in [-0.3, -0.25) is 4.79 Å². The first-order valence-electron chi connectivity index (χ1n) is 6.16. The molecule has 1 unspecified atom stereocenters. The molecule has 1 atom stereocenters. The summed E-state index contributed by atoms with van der Waals surface area (Å²) < 4.78 is 3.96. The highest BCUT2D eigenvalue weighted by atomic mass is 79.9. The summed E-state index contributed by atoms with van der Waals surface area (Å²) in [5.41, 5.74) is 0.677. The molecule has 0 saturated carbocycles. The molecular formula is C12H18BrN3OS. The third-order valence-corrected chi connectivity index (χ3v) is 4.51. The van der Waals surface area contributed by atoms with Crippen molar-refractivity contribution in [1.82, 2.24) is 14.5 Å². The summed E-state index contributed by atoms with van der Waals surface area (Å²) in [4.78, 5) is 15.5. The first kappa shape index (κ1) is 13.9. The molecule has 6 heteroatoms. The number of nitrogens with zero attached hydrogens (tertiary/aromatic N) is 3. The summed E-state index contributed by atoms with van der Waals surface area (Å²) in [7, 11) is 0. The van der Waals surface area contributed by atoms with Gasteiger partial charge in [-0.15, -0.1) is 5.10 Å². The number of piperidine rings is 1. The lowest BCUT2D eigenvalue weighted by atomic mass is 9.91. The Morgan fingerprint density at radius 3 is 2.83 bits per heavy atom. The van der Waals surface area contributed by atoms with Gasteiger partial charge in [-0.1, -0.05) is 41.2 Å².